The van der Waals surface area contributed by atoms with Gasteiger partial charge in [-0.2, -0.15) is 0 Å². The summed E-state index contributed by atoms with van der Waals surface area (Å²) in [6.45, 7) is 1.49. The number of nitrogens with zero attached hydrogens (tertiary/aromatic N) is 3. The van der Waals surface area contributed by atoms with Crippen molar-refractivity contribution in [3.05, 3.63) is 69.7 Å². The highest BCUT2D eigenvalue weighted by Crippen LogP contribution is 2.41. The smallest absolute Gasteiger partial charge is 0.407 e. The Bertz CT molecular complexity index is 989. The van der Waals surface area contributed by atoms with Crippen LogP contribution in [-0.4, -0.2) is 18.3 Å². The van der Waals surface area contributed by atoms with Gasteiger partial charge in [0.15, 0.2) is 10.7 Å². The van der Waals surface area contributed by atoms with Gasteiger partial charge >= 0.3 is 5.69 Å². The van der Waals surface area contributed by atoms with Gasteiger partial charge in [0, 0.05) is 13.1 Å². The molecule has 0 fully saturated rings. The molecule has 0 saturated heterocycles. The lowest BCUT2D eigenvalue weighted by Gasteiger charge is -2.32. The first-order chi connectivity index (χ1) is 12.7. The van der Waals surface area contributed by atoms with Crippen LogP contribution in [0.2, 0.25) is 5.02 Å². The highest BCUT2D eigenvalue weighted by atomic mass is 35.5. The lowest BCUT2D eigenvalue weighted by Crippen LogP contribution is -2.26. The summed E-state index contributed by atoms with van der Waals surface area (Å²) in [7, 11) is 0. The van der Waals surface area contributed by atoms with Crippen molar-refractivity contribution in [3.63, 3.8) is 0 Å². The Balaban J connectivity index is 1.79. The fourth-order valence-corrected chi connectivity index (χ4v) is 3.73. The summed E-state index contributed by atoms with van der Waals surface area (Å²) in [4.78, 5) is 5.38. The summed E-state index contributed by atoms with van der Waals surface area (Å²) in [5, 5.41) is 21.1. The fourth-order valence-electron chi connectivity index (χ4n) is 3.53. The van der Waals surface area contributed by atoms with Crippen molar-refractivity contribution in [2.75, 3.05) is 18.1 Å². The first-order valence-corrected chi connectivity index (χ1v) is 8.76. The minimum Gasteiger partial charge on any atom is -0.489 e. The number of aliphatic hydroxyl groups excluding tert-OH is 1. The van der Waals surface area contributed by atoms with Gasteiger partial charge in [0.1, 0.15) is 11.6 Å². The molecule has 0 unspecified atom stereocenters. The van der Waals surface area contributed by atoms with E-state index in [4.69, 9.17) is 26.8 Å². The Hall–Kier alpha value is -2.81. The molecule has 3 aromatic carbocycles. The zero-order valence-corrected chi connectivity index (χ0v) is 14.8. The lowest BCUT2D eigenvalue weighted by molar-refractivity contribution is 0.201. The maximum absolute atomic E-state index is 9.12. The van der Waals surface area contributed by atoms with Crippen molar-refractivity contribution in [1.29, 1.82) is 5.39 Å². The van der Waals surface area contributed by atoms with E-state index < -0.39 is 0 Å². The Morgan fingerprint density at radius 3 is 2.42 bits per heavy atom. The summed E-state index contributed by atoms with van der Waals surface area (Å²) in [5.74, 6) is 0.530. The van der Waals surface area contributed by atoms with Crippen molar-refractivity contribution >= 4 is 33.7 Å². The van der Waals surface area contributed by atoms with Crippen LogP contribution in [0, 0.1) is 5.39 Å². The van der Waals surface area contributed by atoms with Crippen molar-refractivity contribution in [3.8, 4) is 5.75 Å². The van der Waals surface area contributed by atoms with Crippen LogP contribution >= 0.6 is 11.6 Å². The molecular weight excluding hydrogens is 350 g/mol. The predicted molar refractivity (Wildman–Crippen MR) is 103 cm³/mol. The first-order valence-electron chi connectivity index (χ1n) is 8.38. The van der Waals surface area contributed by atoms with Gasteiger partial charge in [-0.25, -0.2) is 0 Å². The summed E-state index contributed by atoms with van der Waals surface area (Å²) in [6.07, 6.45) is 0. The molecule has 0 saturated carbocycles. The molecule has 0 amide bonds. The van der Waals surface area contributed by atoms with E-state index in [1.54, 1.807) is 12.1 Å². The van der Waals surface area contributed by atoms with Crippen LogP contribution in [-0.2, 0) is 13.1 Å². The predicted octanol–water partition coefficient (Wildman–Crippen LogP) is 4.87. The SMILES string of the molecule is N#[N+]c1cc(OCCO)c(N2Cc3cccc4cccc(c34)C2)cc1Cl. The van der Waals surface area contributed by atoms with Gasteiger partial charge in [-0.1, -0.05) is 48.0 Å². The molecule has 0 atom stereocenters. The van der Waals surface area contributed by atoms with E-state index in [0.29, 0.717) is 10.8 Å². The number of diazo groups is 1. The molecular formula is C20H17ClN3O2+. The summed E-state index contributed by atoms with van der Waals surface area (Å²) < 4.78 is 5.68. The second kappa shape index (κ2) is 6.83. The zero-order chi connectivity index (χ0) is 18.1. The van der Waals surface area contributed by atoms with Crippen molar-refractivity contribution in [1.82, 2.24) is 0 Å². The van der Waals surface area contributed by atoms with Crippen LogP contribution in [0.25, 0.3) is 15.7 Å². The molecule has 1 aliphatic heterocycles. The van der Waals surface area contributed by atoms with Crippen LogP contribution in [0.15, 0.2) is 48.5 Å². The highest BCUT2D eigenvalue weighted by Gasteiger charge is 2.25. The van der Waals surface area contributed by atoms with Crippen LogP contribution < -0.4 is 9.64 Å². The molecule has 26 heavy (non-hydrogen) atoms. The molecule has 0 aromatic heterocycles. The topological polar surface area (TPSA) is 60.9 Å². The van der Waals surface area contributed by atoms with Gasteiger partial charge in [-0.05, 0) is 28.0 Å². The van der Waals surface area contributed by atoms with Gasteiger partial charge in [0.25, 0.3) is 0 Å². The van der Waals surface area contributed by atoms with Crippen LogP contribution in [0.4, 0.5) is 11.4 Å². The largest absolute Gasteiger partial charge is 0.489 e. The van der Waals surface area contributed by atoms with Crippen LogP contribution in [0.3, 0.4) is 0 Å². The van der Waals surface area contributed by atoms with Gasteiger partial charge < -0.3 is 14.7 Å². The number of halogens is 1. The average Bonchev–Trinajstić information content (AvgIpc) is 2.67. The van der Waals surface area contributed by atoms with E-state index in [-0.39, 0.29) is 18.9 Å². The quantitative estimate of drug-likeness (QED) is 0.669. The number of anilines is 1. The monoisotopic (exact) mass is 366 g/mol. The second-order valence-corrected chi connectivity index (χ2v) is 6.64. The van der Waals surface area contributed by atoms with Gasteiger partial charge in [-0.15, -0.1) is 0 Å². The van der Waals surface area contributed by atoms with Crippen LogP contribution in [0.5, 0.6) is 5.75 Å². The number of benzene rings is 3. The van der Waals surface area contributed by atoms with E-state index in [1.807, 2.05) is 0 Å². The number of aliphatic hydroxyl groups is 1. The third-order valence-electron chi connectivity index (χ3n) is 4.63. The molecule has 0 bridgehead atoms. The summed E-state index contributed by atoms with van der Waals surface area (Å²) >= 11 is 6.25. The van der Waals surface area contributed by atoms with E-state index in [0.717, 1.165) is 18.8 Å². The van der Waals surface area contributed by atoms with Crippen molar-refractivity contribution in [2.45, 2.75) is 13.1 Å². The highest BCUT2D eigenvalue weighted by molar-refractivity contribution is 6.33. The van der Waals surface area contributed by atoms with E-state index in [9.17, 15) is 0 Å². The Kier molecular flexibility index (Phi) is 4.37. The molecule has 1 heterocycles. The molecule has 1 N–H and O–H groups in total. The standard InChI is InChI=1S/C20H17ClN3O2/c21-16-9-18(19(26-8-7-25)10-17(16)23-22)24-11-14-5-1-3-13-4-2-6-15(12-24)20(13)14/h1-6,9-10,25H,7-8,11-12H2/q+1. The number of hydrogen-bond acceptors (Lipinski definition) is 4. The fraction of sp³-hybridized carbons (Fsp3) is 0.200. The zero-order valence-electron chi connectivity index (χ0n) is 14.0. The van der Waals surface area contributed by atoms with Gasteiger partial charge in [0.05, 0.1) is 18.4 Å². The Morgan fingerprint density at radius 1 is 1.12 bits per heavy atom. The Labute approximate surface area is 156 Å². The molecule has 5 nitrogen and oxygen atoms in total. The molecule has 0 radical (unpaired) electrons. The average molecular weight is 367 g/mol. The van der Waals surface area contributed by atoms with E-state index >= 15 is 0 Å². The molecule has 3 aromatic rings. The van der Waals surface area contributed by atoms with E-state index in [2.05, 4.69) is 46.3 Å². The number of rotatable bonds is 4. The van der Waals surface area contributed by atoms with Gasteiger partial charge in [0.2, 0.25) is 5.39 Å². The Morgan fingerprint density at radius 2 is 1.81 bits per heavy atom. The minimum absolute atomic E-state index is 0.101. The maximum Gasteiger partial charge on any atom is 0.407 e. The molecule has 4 rings (SSSR count). The first kappa shape index (κ1) is 16.6. The maximum atomic E-state index is 9.12. The molecule has 1 aliphatic rings. The lowest BCUT2D eigenvalue weighted by atomic mass is 9.95. The summed E-state index contributed by atoms with van der Waals surface area (Å²) in [5.41, 5.74) is 3.53. The molecule has 130 valence electrons. The summed E-state index contributed by atoms with van der Waals surface area (Å²) in [6, 6.07) is 16.0. The van der Waals surface area contributed by atoms with E-state index in [1.165, 1.54) is 21.9 Å². The normalized spacial score (nSPS) is 12.9. The minimum atomic E-state index is -0.101. The molecule has 6 heteroatoms. The molecule has 0 aliphatic carbocycles. The van der Waals surface area contributed by atoms with Crippen molar-refractivity contribution in [2.24, 2.45) is 0 Å². The van der Waals surface area contributed by atoms with Crippen LogP contribution in [0.1, 0.15) is 11.1 Å². The van der Waals surface area contributed by atoms with Gasteiger partial charge in [-0.3, -0.25) is 0 Å². The number of hydrogen-bond donors (Lipinski definition) is 1. The third kappa shape index (κ3) is 2.84. The third-order valence-corrected chi connectivity index (χ3v) is 4.93. The molecule has 0 spiro atoms. The van der Waals surface area contributed by atoms with Crippen molar-refractivity contribution < 1.29 is 9.84 Å². The second-order valence-electron chi connectivity index (χ2n) is 6.23. The number of ether oxygens (including phenoxy) is 1.